The van der Waals surface area contributed by atoms with E-state index in [1.165, 1.54) is 18.2 Å². The van der Waals surface area contributed by atoms with Gasteiger partial charge in [0, 0.05) is 6.07 Å². The van der Waals surface area contributed by atoms with Gasteiger partial charge in [-0.3, -0.25) is 0 Å². The first-order valence-corrected chi connectivity index (χ1v) is 6.28. The molecule has 5 heteroatoms. The van der Waals surface area contributed by atoms with Gasteiger partial charge in [-0.15, -0.1) is 0 Å². The fourth-order valence-electron chi connectivity index (χ4n) is 2.30. The second-order valence-corrected chi connectivity index (χ2v) is 4.73. The molecule has 1 nitrogen and oxygen atoms in total. The van der Waals surface area contributed by atoms with Crippen molar-refractivity contribution in [3.63, 3.8) is 0 Å². The SMILES string of the molecule is N#Cc1ccc2cc(-c3c(F)c(F)cc(F)c3F)ccc2c1. The molecule has 3 aromatic rings. The second-order valence-electron chi connectivity index (χ2n) is 4.73. The Morgan fingerprint density at radius 2 is 1.32 bits per heavy atom. The molecule has 108 valence electrons. The molecular weight excluding hydrogens is 294 g/mol. The number of hydrogen-bond acceptors (Lipinski definition) is 1. The summed E-state index contributed by atoms with van der Waals surface area (Å²) in [6.07, 6.45) is 0. The van der Waals surface area contributed by atoms with Crippen LogP contribution in [-0.4, -0.2) is 0 Å². The van der Waals surface area contributed by atoms with Gasteiger partial charge in [-0.2, -0.15) is 5.26 Å². The Morgan fingerprint density at radius 3 is 1.95 bits per heavy atom. The fourth-order valence-corrected chi connectivity index (χ4v) is 2.30. The Kier molecular flexibility index (Phi) is 3.30. The van der Waals surface area contributed by atoms with Crippen molar-refractivity contribution in [1.82, 2.24) is 0 Å². The molecule has 0 amide bonds. The lowest BCUT2D eigenvalue weighted by atomic mass is 9.99. The molecule has 0 heterocycles. The normalized spacial score (nSPS) is 10.7. The number of halogens is 4. The van der Waals surface area contributed by atoms with Crippen molar-refractivity contribution in [1.29, 1.82) is 5.26 Å². The quantitative estimate of drug-likeness (QED) is 0.461. The summed E-state index contributed by atoms with van der Waals surface area (Å²) in [6.45, 7) is 0. The van der Waals surface area contributed by atoms with E-state index in [0.29, 0.717) is 16.3 Å². The van der Waals surface area contributed by atoms with Crippen molar-refractivity contribution in [3.05, 3.63) is 71.3 Å². The number of benzene rings is 3. The van der Waals surface area contributed by atoms with Gasteiger partial charge in [-0.1, -0.05) is 18.2 Å². The van der Waals surface area contributed by atoms with Crippen LogP contribution in [0.25, 0.3) is 21.9 Å². The zero-order valence-electron chi connectivity index (χ0n) is 11.0. The summed E-state index contributed by atoms with van der Waals surface area (Å²) in [4.78, 5) is 0. The highest BCUT2D eigenvalue weighted by atomic mass is 19.2. The number of hydrogen-bond donors (Lipinski definition) is 0. The minimum atomic E-state index is -1.45. The highest BCUT2D eigenvalue weighted by Crippen LogP contribution is 2.31. The second kappa shape index (κ2) is 5.15. The number of nitrogens with zero attached hydrogens (tertiary/aromatic N) is 1. The molecule has 0 fully saturated rings. The Labute approximate surface area is 123 Å². The Morgan fingerprint density at radius 1 is 0.727 bits per heavy atom. The average Bonchev–Trinajstić information content (AvgIpc) is 2.52. The standard InChI is InChI=1S/C17H7F4N/c18-13-7-14(19)17(21)15(16(13)20)12-4-3-10-5-9(8-22)1-2-11(10)6-12/h1-7H. The number of rotatable bonds is 1. The van der Waals surface area contributed by atoms with E-state index in [4.69, 9.17) is 5.26 Å². The zero-order chi connectivity index (χ0) is 15.9. The predicted octanol–water partition coefficient (Wildman–Crippen LogP) is 4.93. The third-order valence-corrected chi connectivity index (χ3v) is 3.37. The maximum absolute atomic E-state index is 13.8. The molecule has 3 rings (SSSR count). The molecule has 0 aromatic heterocycles. The largest absolute Gasteiger partial charge is 0.204 e. The van der Waals surface area contributed by atoms with E-state index in [-0.39, 0.29) is 11.6 Å². The summed E-state index contributed by atoms with van der Waals surface area (Å²) in [5.74, 6) is -5.78. The van der Waals surface area contributed by atoms with Crippen LogP contribution in [0.4, 0.5) is 17.6 Å². The molecule has 0 aliphatic carbocycles. The maximum Gasteiger partial charge on any atom is 0.169 e. The van der Waals surface area contributed by atoms with E-state index in [2.05, 4.69) is 0 Å². The van der Waals surface area contributed by atoms with E-state index in [9.17, 15) is 17.6 Å². The zero-order valence-corrected chi connectivity index (χ0v) is 11.0. The third kappa shape index (κ3) is 2.19. The van der Waals surface area contributed by atoms with Crippen molar-refractivity contribution in [2.24, 2.45) is 0 Å². The van der Waals surface area contributed by atoms with Crippen molar-refractivity contribution >= 4 is 10.8 Å². The van der Waals surface area contributed by atoms with Crippen molar-refractivity contribution in [2.75, 3.05) is 0 Å². The van der Waals surface area contributed by atoms with Crippen LogP contribution in [0, 0.1) is 34.6 Å². The Bertz CT molecular complexity index is 915. The summed E-state index contributed by atoms with van der Waals surface area (Å²) in [5.41, 5.74) is -0.288. The van der Waals surface area contributed by atoms with E-state index in [0.717, 1.165) is 0 Å². The molecule has 0 spiro atoms. The third-order valence-electron chi connectivity index (χ3n) is 3.37. The topological polar surface area (TPSA) is 23.8 Å². The van der Waals surface area contributed by atoms with Crippen LogP contribution in [0.15, 0.2) is 42.5 Å². The van der Waals surface area contributed by atoms with E-state index < -0.39 is 28.8 Å². The summed E-state index contributed by atoms with van der Waals surface area (Å²) < 4.78 is 54.2. The van der Waals surface area contributed by atoms with Crippen LogP contribution in [0.2, 0.25) is 0 Å². The molecule has 0 atom stereocenters. The van der Waals surface area contributed by atoms with Crippen molar-refractivity contribution < 1.29 is 17.6 Å². The van der Waals surface area contributed by atoms with E-state index >= 15 is 0 Å². The van der Waals surface area contributed by atoms with Crippen LogP contribution < -0.4 is 0 Å². The summed E-state index contributed by atoms with van der Waals surface area (Å²) in [7, 11) is 0. The van der Waals surface area contributed by atoms with E-state index in [1.54, 1.807) is 18.2 Å². The smallest absolute Gasteiger partial charge is 0.169 e. The molecule has 0 aliphatic heterocycles. The lowest BCUT2D eigenvalue weighted by Crippen LogP contribution is -1.98. The molecule has 0 aliphatic rings. The monoisotopic (exact) mass is 301 g/mol. The van der Waals surface area contributed by atoms with Gasteiger partial charge in [0.05, 0.1) is 17.2 Å². The van der Waals surface area contributed by atoms with Crippen LogP contribution in [-0.2, 0) is 0 Å². The lowest BCUT2D eigenvalue weighted by Gasteiger charge is -2.08. The van der Waals surface area contributed by atoms with E-state index in [1.807, 2.05) is 6.07 Å². The van der Waals surface area contributed by atoms with Crippen LogP contribution in [0.1, 0.15) is 5.56 Å². The van der Waals surface area contributed by atoms with Gasteiger partial charge in [-0.25, -0.2) is 17.6 Å². The average molecular weight is 301 g/mol. The Hall–Kier alpha value is -2.87. The van der Waals surface area contributed by atoms with Crippen molar-refractivity contribution in [3.8, 4) is 17.2 Å². The van der Waals surface area contributed by atoms with Gasteiger partial charge in [0.25, 0.3) is 0 Å². The first kappa shape index (κ1) is 14.1. The van der Waals surface area contributed by atoms with Gasteiger partial charge in [0.1, 0.15) is 0 Å². The molecule has 0 unspecified atom stereocenters. The predicted molar refractivity (Wildman–Crippen MR) is 73.9 cm³/mol. The minimum Gasteiger partial charge on any atom is -0.204 e. The van der Waals surface area contributed by atoms with Gasteiger partial charge >= 0.3 is 0 Å². The van der Waals surface area contributed by atoms with Crippen LogP contribution >= 0.6 is 0 Å². The van der Waals surface area contributed by atoms with Gasteiger partial charge in [0.2, 0.25) is 0 Å². The highest BCUT2D eigenvalue weighted by molar-refractivity contribution is 5.88. The van der Waals surface area contributed by atoms with Gasteiger partial charge < -0.3 is 0 Å². The molecule has 3 aromatic carbocycles. The molecule has 22 heavy (non-hydrogen) atoms. The maximum atomic E-state index is 13.8. The first-order valence-electron chi connectivity index (χ1n) is 6.28. The molecule has 0 N–H and O–H groups in total. The summed E-state index contributed by atoms with van der Waals surface area (Å²) in [5, 5.41) is 10.1. The molecule has 0 bridgehead atoms. The Balaban J connectivity index is 2.26. The minimum absolute atomic E-state index is 0.0191. The van der Waals surface area contributed by atoms with Crippen LogP contribution in [0.3, 0.4) is 0 Å². The summed E-state index contributed by atoms with van der Waals surface area (Å²) in [6, 6.07) is 11.2. The lowest BCUT2D eigenvalue weighted by molar-refractivity contribution is 0.458. The number of nitriles is 1. The summed E-state index contributed by atoms with van der Waals surface area (Å²) >= 11 is 0. The highest BCUT2D eigenvalue weighted by Gasteiger charge is 2.20. The molecule has 0 radical (unpaired) electrons. The first-order chi connectivity index (χ1) is 10.5. The number of fused-ring (bicyclic) bond motifs is 1. The molecule has 0 saturated carbocycles. The van der Waals surface area contributed by atoms with Gasteiger partial charge in [-0.05, 0) is 34.5 Å². The fraction of sp³-hybridized carbons (Fsp3) is 0. The van der Waals surface area contributed by atoms with Crippen molar-refractivity contribution in [2.45, 2.75) is 0 Å². The van der Waals surface area contributed by atoms with Gasteiger partial charge in [0.15, 0.2) is 23.3 Å². The van der Waals surface area contributed by atoms with Crippen LogP contribution in [0.5, 0.6) is 0 Å². The molecular formula is C17H7F4N. The molecule has 0 saturated heterocycles.